The zero-order valence-corrected chi connectivity index (χ0v) is 10.2. The topological polar surface area (TPSA) is 50.1 Å². The number of hydrogen-bond acceptors (Lipinski definition) is 3. The maximum atomic E-state index is 9.49. The number of aliphatic hydroxyl groups excluding tert-OH is 1. The second kappa shape index (κ2) is 5.47. The molecular formula is C13H21N3O. The van der Waals surface area contributed by atoms with Gasteiger partial charge in [-0.25, -0.2) is 4.68 Å². The van der Waals surface area contributed by atoms with Crippen molar-refractivity contribution in [3.63, 3.8) is 0 Å². The molecule has 0 amide bonds. The molecular weight excluding hydrogens is 214 g/mol. The van der Waals surface area contributed by atoms with Crippen molar-refractivity contribution in [2.75, 3.05) is 13.2 Å². The van der Waals surface area contributed by atoms with Crippen molar-refractivity contribution in [1.29, 1.82) is 0 Å². The second-order valence-electron chi connectivity index (χ2n) is 4.98. The predicted molar refractivity (Wildman–Crippen MR) is 68.3 cm³/mol. The number of aromatic nitrogens is 2. The van der Waals surface area contributed by atoms with Crippen LogP contribution in [0.25, 0.3) is 6.20 Å². The molecule has 0 radical (unpaired) electrons. The van der Waals surface area contributed by atoms with Gasteiger partial charge in [0.2, 0.25) is 0 Å². The number of nitrogens with zero attached hydrogens (tertiary/aromatic N) is 2. The highest BCUT2D eigenvalue weighted by Gasteiger charge is 2.32. The van der Waals surface area contributed by atoms with Crippen molar-refractivity contribution in [2.45, 2.75) is 32.2 Å². The first kappa shape index (κ1) is 12.3. The van der Waals surface area contributed by atoms with Crippen LogP contribution in [0, 0.1) is 5.41 Å². The van der Waals surface area contributed by atoms with Gasteiger partial charge < -0.3 is 10.4 Å². The molecule has 0 saturated heterocycles. The summed E-state index contributed by atoms with van der Waals surface area (Å²) in [6.45, 7) is 5.65. The summed E-state index contributed by atoms with van der Waals surface area (Å²) in [5, 5.41) is 17.0. The van der Waals surface area contributed by atoms with E-state index in [-0.39, 0.29) is 5.41 Å². The standard InChI is InChI=1S/C13H21N3O/c1-2-16-9-12(8-15-16)7-14-10-13(11-17)5-3-4-6-13/h2,8-9,14,17H,1,3-7,10-11H2. The van der Waals surface area contributed by atoms with Crippen molar-refractivity contribution >= 4 is 6.20 Å². The van der Waals surface area contributed by atoms with E-state index < -0.39 is 0 Å². The summed E-state index contributed by atoms with van der Waals surface area (Å²) in [7, 11) is 0. The van der Waals surface area contributed by atoms with Gasteiger partial charge in [0.05, 0.1) is 6.20 Å². The summed E-state index contributed by atoms with van der Waals surface area (Å²) in [5.41, 5.74) is 1.27. The number of aliphatic hydroxyl groups is 1. The van der Waals surface area contributed by atoms with E-state index in [4.69, 9.17) is 0 Å². The minimum Gasteiger partial charge on any atom is -0.396 e. The van der Waals surface area contributed by atoms with Gasteiger partial charge in [-0.1, -0.05) is 19.4 Å². The van der Waals surface area contributed by atoms with Crippen LogP contribution >= 0.6 is 0 Å². The Hall–Kier alpha value is -1.13. The van der Waals surface area contributed by atoms with Crippen LogP contribution in [0.1, 0.15) is 31.2 Å². The van der Waals surface area contributed by atoms with Crippen molar-refractivity contribution in [2.24, 2.45) is 5.41 Å². The molecule has 4 heteroatoms. The van der Waals surface area contributed by atoms with Crippen LogP contribution < -0.4 is 5.32 Å². The Morgan fingerprint density at radius 1 is 1.53 bits per heavy atom. The van der Waals surface area contributed by atoms with Crippen LogP contribution in [0.15, 0.2) is 19.0 Å². The fraction of sp³-hybridized carbons (Fsp3) is 0.615. The predicted octanol–water partition coefficient (Wildman–Crippen LogP) is 1.63. The van der Waals surface area contributed by atoms with E-state index in [0.717, 1.165) is 31.5 Å². The number of rotatable bonds is 6. The normalized spacial score (nSPS) is 18.4. The Balaban J connectivity index is 1.80. The molecule has 1 aliphatic rings. The first-order valence-corrected chi connectivity index (χ1v) is 6.25. The van der Waals surface area contributed by atoms with Crippen molar-refractivity contribution < 1.29 is 5.11 Å². The fourth-order valence-electron chi connectivity index (χ4n) is 2.56. The first-order valence-electron chi connectivity index (χ1n) is 6.25. The minimum atomic E-state index is 0.119. The monoisotopic (exact) mass is 235 g/mol. The molecule has 0 unspecified atom stereocenters. The van der Waals surface area contributed by atoms with Gasteiger partial charge in [0, 0.05) is 43.1 Å². The number of hydrogen-bond donors (Lipinski definition) is 2. The summed E-state index contributed by atoms with van der Waals surface area (Å²) >= 11 is 0. The van der Waals surface area contributed by atoms with Crippen LogP contribution in [0.4, 0.5) is 0 Å². The van der Waals surface area contributed by atoms with E-state index >= 15 is 0 Å². The Kier molecular flexibility index (Phi) is 3.97. The SMILES string of the molecule is C=Cn1cc(CNCC2(CO)CCCC2)cn1. The van der Waals surface area contributed by atoms with Crippen molar-refractivity contribution in [1.82, 2.24) is 15.1 Å². The van der Waals surface area contributed by atoms with Crippen LogP contribution in [-0.4, -0.2) is 28.0 Å². The lowest BCUT2D eigenvalue weighted by Gasteiger charge is -2.26. The molecule has 0 atom stereocenters. The van der Waals surface area contributed by atoms with Gasteiger partial charge in [-0.05, 0) is 12.8 Å². The Bertz CT molecular complexity index is 366. The average molecular weight is 235 g/mol. The molecule has 1 heterocycles. The highest BCUT2D eigenvalue weighted by atomic mass is 16.3. The molecule has 1 fully saturated rings. The van der Waals surface area contributed by atoms with Crippen molar-refractivity contribution in [3.8, 4) is 0 Å². The van der Waals surface area contributed by atoms with Gasteiger partial charge in [0.1, 0.15) is 0 Å². The molecule has 1 aromatic heterocycles. The average Bonchev–Trinajstić information content (AvgIpc) is 2.98. The van der Waals surface area contributed by atoms with Crippen LogP contribution in [0.5, 0.6) is 0 Å². The Labute approximate surface area is 102 Å². The number of nitrogens with one attached hydrogen (secondary N) is 1. The highest BCUT2D eigenvalue weighted by molar-refractivity contribution is 5.17. The van der Waals surface area contributed by atoms with Crippen LogP contribution in [-0.2, 0) is 6.54 Å². The summed E-state index contributed by atoms with van der Waals surface area (Å²) in [6.07, 6.45) is 10.3. The molecule has 2 N–H and O–H groups in total. The minimum absolute atomic E-state index is 0.119. The maximum Gasteiger partial charge on any atom is 0.0538 e. The molecule has 4 nitrogen and oxygen atoms in total. The zero-order valence-electron chi connectivity index (χ0n) is 10.2. The molecule has 17 heavy (non-hydrogen) atoms. The lowest BCUT2D eigenvalue weighted by molar-refractivity contribution is 0.128. The molecule has 1 aliphatic carbocycles. The molecule has 1 saturated carbocycles. The molecule has 0 bridgehead atoms. The van der Waals surface area contributed by atoms with Gasteiger partial charge in [-0.2, -0.15) is 5.10 Å². The molecule has 0 spiro atoms. The maximum absolute atomic E-state index is 9.49. The van der Waals surface area contributed by atoms with E-state index in [1.807, 2.05) is 12.4 Å². The van der Waals surface area contributed by atoms with Gasteiger partial charge in [0.25, 0.3) is 0 Å². The zero-order chi connectivity index (χ0) is 12.1. The van der Waals surface area contributed by atoms with Gasteiger partial charge in [-0.3, -0.25) is 0 Å². The first-order chi connectivity index (χ1) is 8.28. The van der Waals surface area contributed by atoms with Crippen LogP contribution in [0.3, 0.4) is 0 Å². The Morgan fingerprint density at radius 2 is 2.29 bits per heavy atom. The van der Waals surface area contributed by atoms with E-state index in [2.05, 4.69) is 17.0 Å². The van der Waals surface area contributed by atoms with E-state index in [1.54, 1.807) is 10.9 Å². The van der Waals surface area contributed by atoms with Gasteiger partial charge in [0.15, 0.2) is 0 Å². The van der Waals surface area contributed by atoms with Crippen molar-refractivity contribution in [3.05, 3.63) is 24.5 Å². The molecule has 0 aromatic carbocycles. The quantitative estimate of drug-likeness (QED) is 0.788. The smallest absolute Gasteiger partial charge is 0.0538 e. The van der Waals surface area contributed by atoms with E-state index in [9.17, 15) is 5.11 Å². The largest absolute Gasteiger partial charge is 0.396 e. The molecule has 1 aromatic rings. The molecule has 2 rings (SSSR count). The molecule has 0 aliphatic heterocycles. The van der Waals surface area contributed by atoms with Gasteiger partial charge >= 0.3 is 0 Å². The third kappa shape index (κ3) is 2.96. The summed E-state index contributed by atoms with van der Waals surface area (Å²) in [5.74, 6) is 0. The highest BCUT2D eigenvalue weighted by Crippen LogP contribution is 2.36. The van der Waals surface area contributed by atoms with E-state index in [1.165, 1.54) is 12.8 Å². The summed E-state index contributed by atoms with van der Waals surface area (Å²) in [4.78, 5) is 0. The fourth-order valence-corrected chi connectivity index (χ4v) is 2.56. The lowest BCUT2D eigenvalue weighted by Crippen LogP contribution is -2.34. The van der Waals surface area contributed by atoms with Gasteiger partial charge in [-0.15, -0.1) is 0 Å². The molecule has 94 valence electrons. The Morgan fingerprint density at radius 3 is 2.88 bits per heavy atom. The third-order valence-corrected chi connectivity index (χ3v) is 3.67. The third-order valence-electron chi connectivity index (χ3n) is 3.67. The van der Waals surface area contributed by atoms with Crippen LogP contribution in [0.2, 0.25) is 0 Å². The summed E-state index contributed by atoms with van der Waals surface area (Å²) in [6, 6.07) is 0. The lowest BCUT2D eigenvalue weighted by atomic mass is 9.87. The second-order valence-corrected chi connectivity index (χ2v) is 4.98. The van der Waals surface area contributed by atoms with E-state index in [0.29, 0.717) is 6.61 Å². The summed E-state index contributed by atoms with van der Waals surface area (Å²) < 4.78 is 1.70.